The van der Waals surface area contributed by atoms with E-state index >= 15 is 0 Å². The maximum Gasteiger partial charge on any atom is 0.152 e. The fourth-order valence-corrected chi connectivity index (χ4v) is 3.68. The maximum atomic E-state index is 11.4. The van der Waals surface area contributed by atoms with Gasteiger partial charge in [0.15, 0.2) is 9.84 Å². The second kappa shape index (κ2) is 5.57. The molecule has 2 rings (SSSR count). The Hall–Kier alpha value is -0.620. The fraction of sp³-hybridized carbons (Fsp3) is 0.500. The first-order chi connectivity index (χ1) is 8.52. The van der Waals surface area contributed by atoms with Gasteiger partial charge in [-0.1, -0.05) is 23.7 Å². The Morgan fingerprint density at radius 2 is 2.00 bits per heavy atom. The molecule has 6 heteroatoms. The van der Waals surface area contributed by atoms with Crippen LogP contribution in [0.2, 0.25) is 5.02 Å². The minimum atomic E-state index is -2.86. The van der Waals surface area contributed by atoms with Crippen molar-refractivity contribution in [3.05, 3.63) is 34.9 Å². The highest BCUT2D eigenvalue weighted by molar-refractivity contribution is 7.91. The van der Waals surface area contributed by atoms with Crippen molar-refractivity contribution in [3.63, 3.8) is 0 Å². The number of hydrogen-bond acceptors (Lipinski definition) is 4. The summed E-state index contributed by atoms with van der Waals surface area (Å²) >= 11 is 5.97. The second-order valence-electron chi connectivity index (χ2n) is 4.49. The Bertz CT molecular complexity index is 505. The molecule has 1 fully saturated rings. The zero-order chi connectivity index (χ0) is 13.2. The lowest BCUT2D eigenvalue weighted by atomic mass is 10.1. The first kappa shape index (κ1) is 13.8. The molecule has 18 heavy (non-hydrogen) atoms. The molecule has 2 N–H and O–H groups in total. The summed E-state index contributed by atoms with van der Waals surface area (Å²) in [5.41, 5.74) is 6.86. The third kappa shape index (κ3) is 3.23. The Kier molecular flexibility index (Phi) is 4.27. The number of halogens is 1. The van der Waals surface area contributed by atoms with Crippen LogP contribution in [0.5, 0.6) is 0 Å². The van der Waals surface area contributed by atoms with Crippen LogP contribution in [0.3, 0.4) is 0 Å². The number of hydrogen-bond donors (Lipinski definition) is 1. The summed E-state index contributed by atoms with van der Waals surface area (Å²) in [6, 6.07) is 7.62. The highest BCUT2D eigenvalue weighted by Crippen LogP contribution is 2.24. The average molecular weight is 289 g/mol. The molecular formula is C12H17ClN2O2S. The number of benzene rings is 1. The Labute approximate surface area is 113 Å². The van der Waals surface area contributed by atoms with Crippen LogP contribution < -0.4 is 5.73 Å². The Morgan fingerprint density at radius 3 is 2.56 bits per heavy atom. The predicted molar refractivity (Wildman–Crippen MR) is 73.5 cm³/mol. The van der Waals surface area contributed by atoms with E-state index in [1.165, 1.54) is 0 Å². The largest absolute Gasteiger partial charge is 0.329 e. The van der Waals surface area contributed by atoms with E-state index in [0.717, 1.165) is 5.56 Å². The van der Waals surface area contributed by atoms with Crippen LogP contribution in [-0.2, 0) is 9.84 Å². The van der Waals surface area contributed by atoms with Crippen molar-refractivity contribution >= 4 is 21.4 Å². The van der Waals surface area contributed by atoms with Crippen molar-refractivity contribution < 1.29 is 8.42 Å². The summed E-state index contributed by atoms with van der Waals surface area (Å²) in [6.07, 6.45) is 0. The highest BCUT2D eigenvalue weighted by atomic mass is 35.5. The monoisotopic (exact) mass is 288 g/mol. The van der Waals surface area contributed by atoms with Gasteiger partial charge >= 0.3 is 0 Å². The van der Waals surface area contributed by atoms with Gasteiger partial charge in [-0.3, -0.25) is 4.90 Å². The van der Waals surface area contributed by atoms with Gasteiger partial charge in [0.25, 0.3) is 0 Å². The number of sulfone groups is 1. The van der Waals surface area contributed by atoms with Gasteiger partial charge in [0.2, 0.25) is 0 Å². The Balaban J connectivity index is 2.15. The first-order valence-corrected chi connectivity index (χ1v) is 8.12. The van der Waals surface area contributed by atoms with Gasteiger partial charge in [-0.05, 0) is 17.7 Å². The third-order valence-corrected chi connectivity index (χ3v) is 5.12. The third-order valence-electron chi connectivity index (χ3n) is 3.28. The number of rotatable bonds is 3. The standard InChI is InChI=1S/C12H17ClN2O2S/c13-11-3-1-2-10(8-11)12(9-14)15-4-6-18(16,17)7-5-15/h1-3,8,12H,4-7,9,14H2. The van der Waals surface area contributed by atoms with Crippen LogP contribution in [0.25, 0.3) is 0 Å². The molecule has 4 nitrogen and oxygen atoms in total. The summed E-state index contributed by atoms with van der Waals surface area (Å²) in [5.74, 6) is 0.425. The molecule has 1 aromatic rings. The van der Waals surface area contributed by atoms with Gasteiger partial charge in [0.1, 0.15) is 0 Å². The smallest absolute Gasteiger partial charge is 0.152 e. The zero-order valence-corrected chi connectivity index (χ0v) is 11.6. The summed E-state index contributed by atoms with van der Waals surface area (Å²) in [7, 11) is -2.86. The van der Waals surface area contributed by atoms with Crippen molar-refractivity contribution in [3.8, 4) is 0 Å². The quantitative estimate of drug-likeness (QED) is 0.904. The van der Waals surface area contributed by atoms with Crippen molar-refractivity contribution in [1.82, 2.24) is 4.90 Å². The lowest BCUT2D eigenvalue weighted by Gasteiger charge is -2.34. The predicted octanol–water partition coefficient (Wildman–Crippen LogP) is 1.07. The SMILES string of the molecule is NCC(c1cccc(Cl)c1)N1CCS(=O)(=O)CC1. The van der Waals surface area contributed by atoms with E-state index in [4.69, 9.17) is 17.3 Å². The summed E-state index contributed by atoms with van der Waals surface area (Å²) in [5, 5.41) is 0.676. The van der Waals surface area contributed by atoms with Gasteiger partial charge in [0, 0.05) is 30.7 Å². The van der Waals surface area contributed by atoms with Crippen LogP contribution in [0, 0.1) is 0 Å². The molecule has 1 aliphatic heterocycles. The van der Waals surface area contributed by atoms with E-state index < -0.39 is 9.84 Å². The summed E-state index contributed by atoms with van der Waals surface area (Å²) in [6.45, 7) is 1.54. The van der Waals surface area contributed by atoms with E-state index in [-0.39, 0.29) is 17.5 Å². The van der Waals surface area contributed by atoms with Gasteiger partial charge in [0.05, 0.1) is 11.5 Å². The van der Waals surface area contributed by atoms with E-state index in [1.807, 2.05) is 24.3 Å². The van der Waals surface area contributed by atoms with Gasteiger partial charge in [-0.25, -0.2) is 8.42 Å². The summed E-state index contributed by atoms with van der Waals surface area (Å²) < 4.78 is 22.8. The van der Waals surface area contributed by atoms with Crippen molar-refractivity contribution in [2.45, 2.75) is 6.04 Å². The molecule has 0 aromatic heterocycles. The van der Waals surface area contributed by atoms with E-state index in [2.05, 4.69) is 4.90 Å². The molecule has 100 valence electrons. The molecule has 0 spiro atoms. The number of nitrogens with zero attached hydrogens (tertiary/aromatic N) is 1. The first-order valence-electron chi connectivity index (χ1n) is 5.92. The number of nitrogens with two attached hydrogens (primary N) is 1. The van der Waals surface area contributed by atoms with Crippen LogP contribution in [0.4, 0.5) is 0 Å². The molecule has 0 saturated carbocycles. The normalized spacial score (nSPS) is 21.7. The van der Waals surface area contributed by atoms with Gasteiger partial charge in [-0.2, -0.15) is 0 Å². The fourth-order valence-electron chi connectivity index (χ4n) is 2.25. The van der Waals surface area contributed by atoms with Gasteiger partial charge < -0.3 is 5.73 Å². The molecular weight excluding hydrogens is 272 g/mol. The molecule has 0 aliphatic carbocycles. The van der Waals surface area contributed by atoms with Crippen LogP contribution in [0.1, 0.15) is 11.6 Å². The summed E-state index contributed by atoms with van der Waals surface area (Å²) in [4.78, 5) is 2.12. The van der Waals surface area contributed by atoms with E-state index in [9.17, 15) is 8.42 Å². The van der Waals surface area contributed by atoms with Gasteiger partial charge in [-0.15, -0.1) is 0 Å². The molecule has 1 unspecified atom stereocenters. The van der Waals surface area contributed by atoms with Crippen LogP contribution >= 0.6 is 11.6 Å². The second-order valence-corrected chi connectivity index (χ2v) is 7.23. The minimum absolute atomic E-state index is 0.0409. The maximum absolute atomic E-state index is 11.4. The molecule has 1 saturated heterocycles. The van der Waals surface area contributed by atoms with E-state index in [1.54, 1.807) is 0 Å². The van der Waals surface area contributed by atoms with E-state index in [0.29, 0.717) is 24.7 Å². The Morgan fingerprint density at radius 1 is 1.33 bits per heavy atom. The average Bonchev–Trinajstić information content (AvgIpc) is 2.32. The topological polar surface area (TPSA) is 63.4 Å². The van der Waals surface area contributed by atoms with Crippen molar-refractivity contribution in [1.29, 1.82) is 0 Å². The minimum Gasteiger partial charge on any atom is -0.329 e. The van der Waals surface area contributed by atoms with Crippen molar-refractivity contribution in [2.75, 3.05) is 31.1 Å². The zero-order valence-electron chi connectivity index (χ0n) is 10.0. The highest BCUT2D eigenvalue weighted by Gasteiger charge is 2.27. The lowest BCUT2D eigenvalue weighted by molar-refractivity contribution is 0.219. The molecule has 1 aromatic carbocycles. The van der Waals surface area contributed by atoms with Crippen molar-refractivity contribution in [2.24, 2.45) is 5.73 Å². The molecule has 1 heterocycles. The molecule has 1 aliphatic rings. The molecule has 0 amide bonds. The van der Waals surface area contributed by atoms with Crippen LogP contribution in [0.15, 0.2) is 24.3 Å². The molecule has 0 radical (unpaired) electrons. The molecule has 0 bridgehead atoms. The lowest BCUT2D eigenvalue weighted by Crippen LogP contribution is -2.44. The van der Waals surface area contributed by atoms with Crippen LogP contribution in [-0.4, -0.2) is 44.5 Å². The molecule has 1 atom stereocenters.